The van der Waals surface area contributed by atoms with Crippen LogP contribution in [-0.2, 0) is 6.61 Å². The molecule has 4 heteroatoms. The molecule has 3 rings (SSSR count). The van der Waals surface area contributed by atoms with Gasteiger partial charge in [0.05, 0.1) is 17.9 Å². The minimum absolute atomic E-state index is 0.0522. The van der Waals surface area contributed by atoms with Gasteiger partial charge >= 0.3 is 0 Å². The summed E-state index contributed by atoms with van der Waals surface area (Å²) in [5.74, 6) is 0.926. The standard InChI is InChI=1S/C17H22N2O2/c1-17(21)7-4-9-19(10-8-17)16-15-6-3-2-5-13(15)11-14(12-20)18-16/h2-3,5-6,11,20-21H,4,7-10,12H2,1H3. The van der Waals surface area contributed by atoms with Crippen molar-refractivity contribution < 1.29 is 10.2 Å². The molecule has 1 aliphatic heterocycles. The molecule has 0 saturated carbocycles. The van der Waals surface area contributed by atoms with Gasteiger partial charge in [0.15, 0.2) is 0 Å². The van der Waals surface area contributed by atoms with Crippen LogP contribution in [0.15, 0.2) is 30.3 Å². The van der Waals surface area contributed by atoms with Crippen molar-refractivity contribution in [3.63, 3.8) is 0 Å². The molecule has 0 spiro atoms. The molecule has 21 heavy (non-hydrogen) atoms. The molecule has 112 valence electrons. The number of pyridine rings is 1. The maximum Gasteiger partial charge on any atom is 0.136 e. The minimum Gasteiger partial charge on any atom is -0.390 e. The van der Waals surface area contributed by atoms with Crippen molar-refractivity contribution in [2.45, 2.75) is 38.4 Å². The van der Waals surface area contributed by atoms with Crippen molar-refractivity contribution in [1.82, 2.24) is 4.98 Å². The average Bonchev–Trinajstić information content (AvgIpc) is 2.67. The smallest absolute Gasteiger partial charge is 0.136 e. The highest BCUT2D eigenvalue weighted by Crippen LogP contribution is 2.30. The third-order valence-electron chi connectivity index (χ3n) is 4.30. The predicted octanol–water partition coefficient (Wildman–Crippen LogP) is 2.47. The first-order valence-corrected chi connectivity index (χ1v) is 7.56. The highest BCUT2D eigenvalue weighted by molar-refractivity contribution is 5.92. The van der Waals surface area contributed by atoms with Crippen molar-refractivity contribution in [1.29, 1.82) is 0 Å². The van der Waals surface area contributed by atoms with Crippen LogP contribution in [0.4, 0.5) is 5.82 Å². The largest absolute Gasteiger partial charge is 0.390 e. The number of nitrogens with zero attached hydrogens (tertiary/aromatic N) is 2. The maximum absolute atomic E-state index is 10.2. The van der Waals surface area contributed by atoms with Crippen LogP contribution in [-0.4, -0.2) is 33.9 Å². The van der Waals surface area contributed by atoms with E-state index in [0.29, 0.717) is 5.69 Å². The molecule has 1 aliphatic rings. The number of rotatable bonds is 2. The van der Waals surface area contributed by atoms with Crippen LogP contribution in [0.3, 0.4) is 0 Å². The van der Waals surface area contributed by atoms with Gasteiger partial charge in [-0.05, 0) is 37.6 Å². The number of hydrogen-bond acceptors (Lipinski definition) is 4. The maximum atomic E-state index is 10.2. The number of anilines is 1. The molecular formula is C17H22N2O2. The van der Waals surface area contributed by atoms with Crippen LogP contribution >= 0.6 is 0 Å². The molecule has 2 N–H and O–H groups in total. The molecule has 2 heterocycles. The predicted molar refractivity (Wildman–Crippen MR) is 84.4 cm³/mol. The van der Waals surface area contributed by atoms with Gasteiger partial charge in [-0.1, -0.05) is 24.3 Å². The van der Waals surface area contributed by atoms with Crippen molar-refractivity contribution in [2.75, 3.05) is 18.0 Å². The Hall–Kier alpha value is -1.65. The first-order valence-electron chi connectivity index (χ1n) is 7.56. The summed E-state index contributed by atoms with van der Waals surface area (Å²) in [6.45, 7) is 3.54. The van der Waals surface area contributed by atoms with Crippen LogP contribution in [0.2, 0.25) is 0 Å². The van der Waals surface area contributed by atoms with Gasteiger partial charge in [0.2, 0.25) is 0 Å². The Morgan fingerprint density at radius 2 is 2.05 bits per heavy atom. The second-order valence-corrected chi connectivity index (χ2v) is 6.15. The van der Waals surface area contributed by atoms with Gasteiger partial charge in [0.1, 0.15) is 5.82 Å². The molecule has 1 unspecified atom stereocenters. The molecule has 1 fully saturated rings. The summed E-state index contributed by atoms with van der Waals surface area (Å²) in [5, 5.41) is 21.9. The third-order valence-corrected chi connectivity index (χ3v) is 4.30. The average molecular weight is 286 g/mol. The Labute approximate surface area is 125 Å². The van der Waals surface area contributed by atoms with Crippen LogP contribution in [0.1, 0.15) is 31.9 Å². The van der Waals surface area contributed by atoms with E-state index in [9.17, 15) is 10.2 Å². The molecule has 0 amide bonds. The van der Waals surface area contributed by atoms with E-state index in [0.717, 1.165) is 48.9 Å². The van der Waals surface area contributed by atoms with Crippen LogP contribution in [0, 0.1) is 0 Å². The lowest BCUT2D eigenvalue weighted by atomic mass is 9.98. The zero-order valence-corrected chi connectivity index (χ0v) is 12.4. The van der Waals surface area contributed by atoms with Crippen molar-refractivity contribution >= 4 is 16.6 Å². The van der Waals surface area contributed by atoms with E-state index in [1.165, 1.54) is 0 Å². The van der Waals surface area contributed by atoms with Crippen LogP contribution in [0.25, 0.3) is 10.8 Å². The highest BCUT2D eigenvalue weighted by atomic mass is 16.3. The Bertz CT molecular complexity index is 640. The number of benzene rings is 1. The molecule has 2 aromatic rings. The van der Waals surface area contributed by atoms with Crippen LogP contribution in [0.5, 0.6) is 0 Å². The van der Waals surface area contributed by atoms with E-state index in [1.807, 2.05) is 31.2 Å². The lowest BCUT2D eigenvalue weighted by Crippen LogP contribution is -2.29. The summed E-state index contributed by atoms with van der Waals surface area (Å²) >= 11 is 0. The van der Waals surface area contributed by atoms with E-state index in [2.05, 4.69) is 16.0 Å². The summed E-state index contributed by atoms with van der Waals surface area (Å²) in [4.78, 5) is 6.87. The lowest BCUT2D eigenvalue weighted by Gasteiger charge is -2.25. The Balaban J connectivity index is 2.02. The second kappa shape index (κ2) is 5.62. The number of aromatic nitrogens is 1. The van der Waals surface area contributed by atoms with Crippen molar-refractivity contribution in [3.8, 4) is 0 Å². The Morgan fingerprint density at radius 3 is 2.86 bits per heavy atom. The molecule has 4 nitrogen and oxygen atoms in total. The fraction of sp³-hybridized carbons (Fsp3) is 0.471. The molecule has 0 bridgehead atoms. The minimum atomic E-state index is -0.584. The van der Waals surface area contributed by atoms with Gasteiger partial charge in [-0.25, -0.2) is 4.98 Å². The van der Waals surface area contributed by atoms with Gasteiger partial charge < -0.3 is 15.1 Å². The van der Waals surface area contributed by atoms with Gasteiger partial charge in [0, 0.05) is 18.5 Å². The summed E-state index contributed by atoms with van der Waals surface area (Å²) in [6, 6.07) is 10.1. The van der Waals surface area contributed by atoms with E-state index >= 15 is 0 Å². The van der Waals surface area contributed by atoms with Crippen molar-refractivity contribution in [3.05, 3.63) is 36.0 Å². The molecular weight excluding hydrogens is 264 g/mol. The van der Waals surface area contributed by atoms with Crippen LogP contribution < -0.4 is 4.90 Å². The van der Waals surface area contributed by atoms with E-state index in [4.69, 9.17) is 0 Å². The molecule has 1 aromatic carbocycles. The lowest BCUT2D eigenvalue weighted by molar-refractivity contribution is 0.0481. The van der Waals surface area contributed by atoms with E-state index < -0.39 is 5.60 Å². The van der Waals surface area contributed by atoms with Gasteiger partial charge in [0.25, 0.3) is 0 Å². The molecule has 1 saturated heterocycles. The zero-order chi connectivity index (χ0) is 14.9. The first-order chi connectivity index (χ1) is 10.1. The fourth-order valence-corrected chi connectivity index (χ4v) is 3.03. The quantitative estimate of drug-likeness (QED) is 0.890. The number of hydrogen-bond donors (Lipinski definition) is 2. The summed E-state index contributed by atoms with van der Waals surface area (Å²) < 4.78 is 0. The van der Waals surface area contributed by atoms with Gasteiger partial charge in [-0.3, -0.25) is 0 Å². The highest BCUT2D eigenvalue weighted by Gasteiger charge is 2.26. The first kappa shape index (κ1) is 14.3. The number of fused-ring (bicyclic) bond motifs is 1. The molecule has 1 aromatic heterocycles. The normalized spacial score (nSPS) is 23.3. The topological polar surface area (TPSA) is 56.6 Å². The number of aliphatic hydroxyl groups is 2. The second-order valence-electron chi connectivity index (χ2n) is 6.15. The Morgan fingerprint density at radius 1 is 1.24 bits per heavy atom. The van der Waals surface area contributed by atoms with Crippen molar-refractivity contribution in [2.24, 2.45) is 0 Å². The molecule has 1 atom stereocenters. The summed E-state index contributed by atoms with van der Waals surface area (Å²) in [5.41, 5.74) is 0.110. The monoisotopic (exact) mass is 286 g/mol. The summed E-state index contributed by atoms with van der Waals surface area (Å²) in [7, 11) is 0. The zero-order valence-electron chi connectivity index (χ0n) is 12.4. The molecule has 0 aliphatic carbocycles. The number of aliphatic hydroxyl groups excluding tert-OH is 1. The molecule has 0 radical (unpaired) electrons. The van der Waals surface area contributed by atoms with E-state index in [-0.39, 0.29) is 6.61 Å². The van der Waals surface area contributed by atoms with Gasteiger partial charge in [-0.2, -0.15) is 0 Å². The summed E-state index contributed by atoms with van der Waals surface area (Å²) in [6.07, 6.45) is 2.51. The fourth-order valence-electron chi connectivity index (χ4n) is 3.03. The van der Waals surface area contributed by atoms with E-state index in [1.54, 1.807) is 0 Å². The van der Waals surface area contributed by atoms with Gasteiger partial charge in [-0.15, -0.1) is 0 Å². The third kappa shape index (κ3) is 3.01. The Kier molecular flexibility index (Phi) is 3.83. The SMILES string of the molecule is CC1(O)CCCN(c2nc(CO)cc3ccccc23)CC1.